The minimum Gasteiger partial charge on any atom is -0.494 e. The van der Waals surface area contributed by atoms with Crippen molar-refractivity contribution in [3.63, 3.8) is 0 Å². The molecule has 0 spiro atoms. The van der Waals surface area contributed by atoms with Crippen molar-refractivity contribution in [2.24, 2.45) is 0 Å². The van der Waals surface area contributed by atoms with Gasteiger partial charge in [-0.2, -0.15) is 18.3 Å². The van der Waals surface area contributed by atoms with Crippen LogP contribution >= 0.6 is 11.6 Å². The summed E-state index contributed by atoms with van der Waals surface area (Å²) in [6.07, 6.45) is -6.48. The highest BCUT2D eigenvalue weighted by Crippen LogP contribution is 2.24. The first kappa shape index (κ1) is 27.6. The van der Waals surface area contributed by atoms with E-state index in [1.54, 1.807) is 18.2 Å². The van der Waals surface area contributed by atoms with E-state index in [1.807, 2.05) is 0 Å². The molecule has 0 fully saturated rings. The van der Waals surface area contributed by atoms with Crippen LogP contribution < -0.4 is 11.0 Å². The molecule has 17 heteroatoms. The third kappa shape index (κ3) is 5.97. The van der Waals surface area contributed by atoms with Crippen LogP contribution in [0.1, 0.15) is 16.2 Å². The standard InChI is InChI=1S/C24H19ClF3N9O4/c25-14-7-5-13(6-8-14)21-34-36(23(41)35(21)10-17(38)24(26,27)28)11-19-29-12-37(33-19)16-4-2-1-3-15(16)22(40)30-18-9-20(39)32-31-18/h1-9,12,17,38H,10-11H2,(H3,30,31,32,39,40)/t17-/m0/s1. The minimum atomic E-state index is -4.96. The molecule has 0 aliphatic heterocycles. The zero-order chi connectivity index (χ0) is 29.3. The lowest BCUT2D eigenvalue weighted by molar-refractivity contribution is -0.207. The van der Waals surface area contributed by atoms with Gasteiger partial charge in [-0.1, -0.05) is 23.7 Å². The second-order valence-corrected chi connectivity index (χ2v) is 9.09. The Morgan fingerprint density at radius 2 is 1.85 bits per heavy atom. The number of nitrogens with one attached hydrogen (secondary N) is 2. The molecule has 41 heavy (non-hydrogen) atoms. The summed E-state index contributed by atoms with van der Waals surface area (Å²) in [5.41, 5.74) is -0.143. The Morgan fingerprint density at radius 3 is 2.54 bits per heavy atom. The van der Waals surface area contributed by atoms with E-state index in [1.165, 1.54) is 47.4 Å². The Kier molecular flexibility index (Phi) is 7.34. The van der Waals surface area contributed by atoms with Crippen molar-refractivity contribution in [1.82, 2.24) is 39.3 Å². The van der Waals surface area contributed by atoms with Gasteiger partial charge in [-0.15, -0.1) is 10.2 Å². The molecule has 2 aromatic carbocycles. The number of hydrogen-bond acceptors (Lipinski definition) is 8. The van der Waals surface area contributed by atoms with Crippen molar-refractivity contribution in [3.05, 3.63) is 87.8 Å². The summed E-state index contributed by atoms with van der Waals surface area (Å²) in [5.74, 6) is -0.776. The average molecular weight is 590 g/mol. The second kappa shape index (κ2) is 10.9. The van der Waals surface area contributed by atoms with Gasteiger partial charge in [0.2, 0.25) is 5.88 Å². The molecule has 1 amide bonds. The third-order valence-corrected chi connectivity index (χ3v) is 6.04. The van der Waals surface area contributed by atoms with Gasteiger partial charge in [0, 0.05) is 16.7 Å². The van der Waals surface area contributed by atoms with Gasteiger partial charge in [-0.25, -0.2) is 24.2 Å². The lowest BCUT2D eigenvalue weighted by Gasteiger charge is -2.15. The monoisotopic (exact) mass is 589 g/mol. The van der Waals surface area contributed by atoms with E-state index in [-0.39, 0.29) is 35.5 Å². The molecule has 3 aromatic heterocycles. The number of H-pyrrole nitrogens is 1. The minimum absolute atomic E-state index is 0.0585. The van der Waals surface area contributed by atoms with Crippen LogP contribution in [0, 0.1) is 0 Å². The number of aliphatic hydroxyl groups excluding tert-OH is 1. The van der Waals surface area contributed by atoms with E-state index in [9.17, 15) is 33.0 Å². The van der Waals surface area contributed by atoms with Gasteiger partial charge in [0.25, 0.3) is 5.91 Å². The molecule has 0 radical (unpaired) electrons. The molecule has 212 valence electrons. The zero-order valence-electron chi connectivity index (χ0n) is 20.6. The highest BCUT2D eigenvalue weighted by Gasteiger charge is 2.39. The largest absolute Gasteiger partial charge is 0.494 e. The number of anilines is 1. The number of hydrogen-bond donors (Lipinski definition) is 4. The number of aromatic amines is 1. The lowest BCUT2D eigenvalue weighted by atomic mass is 10.1. The molecule has 0 saturated carbocycles. The first-order chi connectivity index (χ1) is 19.5. The van der Waals surface area contributed by atoms with Gasteiger partial charge in [-0.3, -0.25) is 9.36 Å². The van der Waals surface area contributed by atoms with Gasteiger partial charge < -0.3 is 15.5 Å². The predicted octanol–water partition coefficient (Wildman–Crippen LogP) is 2.60. The Balaban J connectivity index is 1.44. The molecule has 13 nitrogen and oxygen atoms in total. The van der Waals surface area contributed by atoms with Gasteiger partial charge in [0.15, 0.2) is 23.6 Å². The van der Waals surface area contributed by atoms with Crippen molar-refractivity contribution >= 4 is 23.3 Å². The number of carbonyl (C=O) groups is 1. The predicted molar refractivity (Wildman–Crippen MR) is 138 cm³/mol. The van der Waals surface area contributed by atoms with Crippen molar-refractivity contribution in [3.8, 4) is 23.0 Å². The van der Waals surface area contributed by atoms with Gasteiger partial charge >= 0.3 is 11.9 Å². The van der Waals surface area contributed by atoms with Crippen LogP contribution in [0.4, 0.5) is 19.0 Å². The number of aromatic hydroxyl groups is 1. The van der Waals surface area contributed by atoms with E-state index in [2.05, 4.69) is 30.7 Å². The van der Waals surface area contributed by atoms with Crippen LogP contribution in [0.3, 0.4) is 0 Å². The Morgan fingerprint density at radius 1 is 1.12 bits per heavy atom. The van der Waals surface area contributed by atoms with E-state index in [4.69, 9.17) is 11.6 Å². The Labute approximate surface area is 232 Å². The molecule has 0 aliphatic rings. The van der Waals surface area contributed by atoms with Crippen LogP contribution in [0.15, 0.2) is 65.7 Å². The molecule has 3 heterocycles. The van der Waals surface area contributed by atoms with Gasteiger partial charge in [-0.05, 0) is 36.4 Å². The topological polar surface area (TPSA) is 169 Å². The van der Waals surface area contributed by atoms with Crippen LogP contribution in [0.2, 0.25) is 5.02 Å². The highest BCUT2D eigenvalue weighted by molar-refractivity contribution is 6.30. The number of carbonyl (C=O) groups excluding carboxylic acids is 1. The van der Waals surface area contributed by atoms with Crippen molar-refractivity contribution < 1.29 is 28.2 Å². The van der Waals surface area contributed by atoms with E-state index in [0.29, 0.717) is 20.8 Å². The second-order valence-electron chi connectivity index (χ2n) is 8.65. The molecule has 0 saturated heterocycles. The number of nitrogens with zero attached hydrogens (tertiary/aromatic N) is 7. The van der Waals surface area contributed by atoms with Crippen LogP contribution in [0.5, 0.6) is 5.88 Å². The zero-order valence-corrected chi connectivity index (χ0v) is 21.4. The normalized spacial score (nSPS) is 12.4. The highest BCUT2D eigenvalue weighted by atomic mass is 35.5. The first-order valence-corrected chi connectivity index (χ1v) is 12.1. The van der Waals surface area contributed by atoms with Crippen molar-refractivity contribution in [1.29, 1.82) is 0 Å². The molecule has 5 aromatic rings. The van der Waals surface area contributed by atoms with E-state index >= 15 is 0 Å². The number of halogens is 4. The van der Waals surface area contributed by atoms with Gasteiger partial charge in [0.05, 0.1) is 17.8 Å². The summed E-state index contributed by atoms with van der Waals surface area (Å²) in [4.78, 5) is 30.1. The van der Waals surface area contributed by atoms with Gasteiger partial charge in [0.1, 0.15) is 12.9 Å². The summed E-state index contributed by atoms with van der Waals surface area (Å²) >= 11 is 5.91. The van der Waals surface area contributed by atoms with Crippen LogP contribution in [-0.2, 0) is 13.1 Å². The summed E-state index contributed by atoms with van der Waals surface area (Å²) in [6.45, 7) is -1.42. The number of alkyl halides is 3. The van der Waals surface area contributed by atoms with Crippen LogP contribution in [0.25, 0.3) is 17.1 Å². The number of para-hydroxylation sites is 1. The fraction of sp³-hybridized carbons (Fsp3) is 0.167. The summed E-state index contributed by atoms with van der Waals surface area (Å²) < 4.78 is 42.2. The first-order valence-electron chi connectivity index (χ1n) is 11.7. The maximum Gasteiger partial charge on any atom is 0.416 e. The fourth-order valence-electron chi connectivity index (χ4n) is 3.84. The molecule has 0 unspecified atom stereocenters. The number of benzene rings is 2. The lowest BCUT2D eigenvalue weighted by Crippen LogP contribution is -2.37. The molecule has 0 aliphatic carbocycles. The average Bonchev–Trinajstić information content (AvgIpc) is 3.64. The number of amides is 1. The van der Waals surface area contributed by atoms with Crippen molar-refractivity contribution in [2.45, 2.75) is 25.4 Å². The maximum atomic E-state index is 13.1. The summed E-state index contributed by atoms with van der Waals surface area (Å²) in [5, 5.41) is 36.5. The fourth-order valence-corrected chi connectivity index (χ4v) is 3.97. The molecular weight excluding hydrogens is 571 g/mol. The summed E-state index contributed by atoms with van der Waals surface area (Å²) in [7, 11) is 0. The SMILES string of the molecule is O=C(Nc1cc(O)[nH]n1)c1ccccc1-n1cnc(Cn2nc(-c3ccc(Cl)cc3)n(C[C@H](O)C(F)(F)F)c2=O)n1. The molecule has 4 N–H and O–H groups in total. The molecule has 5 rings (SSSR count). The van der Waals surface area contributed by atoms with Crippen LogP contribution in [-0.4, -0.2) is 67.7 Å². The number of aliphatic hydroxyl groups is 1. The quantitative estimate of drug-likeness (QED) is 0.214. The van der Waals surface area contributed by atoms with Crippen molar-refractivity contribution in [2.75, 3.05) is 5.32 Å². The molecule has 0 bridgehead atoms. The maximum absolute atomic E-state index is 13.1. The Hall–Kier alpha value is -4.96. The third-order valence-electron chi connectivity index (χ3n) is 5.79. The Bertz CT molecular complexity index is 1760. The summed E-state index contributed by atoms with van der Waals surface area (Å²) in [6, 6.07) is 13.5. The molecular formula is C24H19ClF3N9O4. The number of rotatable bonds is 8. The molecule has 1 atom stereocenters. The van der Waals surface area contributed by atoms with E-state index in [0.717, 1.165) is 4.68 Å². The number of aromatic nitrogens is 8. The van der Waals surface area contributed by atoms with E-state index < -0.39 is 30.4 Å². The smallest absolute Gasteiger partial charge is 0.416 e.